The van der Waals surface area contributed by atoms with Gasteiger partial charge in [0.25, 0.3) is 0 Å². The van der Waals surface area contributed by atoms with Crippen molar-refractivity contribution in [2.75, 3.05) is 6.54 Å². The topological polar surface area (TPSA) is 38.9 Å². The van der Waals surface area contributed by atoms with Crippen molar-refractivity contribution >= 4 is 11.3 Å². The van der Waals surface area contributed by atoms with Gasteiger partial charge in [-0.25, -0.2) is 4.98 Å². The number of rotatable bonds is 5. The first-order chi connectivity index (χ1) is 9.10. The van der Waals surface area contributed by atoms with Crippen LogP contribution in [-0.4, -0.2) is 11.5 Å². The lowest BCUT2D eigenvalue weighted by Gasteiger charge is -2.13. The lowest BCUT2D eigenvalue weighted by molar-refractivity contribution is 0.686. The van der Waals surface area contributed by atoms with Crippen molar-refractivity contribution in [3.05, 3.63) is 51.5 Å². The Balaban J connectivity index is 2.10. The Kier molecular flexibility index (Phi) is 4.72. The fourth-order valence-electron chi connectivity index (χ4n) is 2.15. The van der Waals surface area contributed by atoms with Crippen LogP contribution < -0.4 is 5.73 Å². The third-order valence-electron chi connectivity index (χ3n) is 3.40. The van der Waals surface area contributed by atoms with Crippen molar-refractivity contribution in [3.8, 4) is 0 Å². The molecule has 0 bridgehead atoms. The molecule has 1 aromatic carbocycles. The molecule has 0 saturated carbocycles. The largest absolute Gasteiger partial charge is 0.330 e. The molecule has 0 saturated heterocycles. The molecule has 0 spiro atoms. The molecule has 0 radical (unpaired) electrons. The molecule has 3 heteroatoms. The maximum Gasteiger partial charge on any atom is 0.0975 e. The standard InChI is InChI=1S/C16H22N2S/c1-11(2)14-6-4-13(5-7-14)8-15(9-17)16-18-12(3)10-19-16/h4-7,10-11,15H,8-9,17H2,1-3H3. The quantitative estimate of drug-likeness (QED) is 0.899. The van der Waals surface area contributed by atoms with Crippen molar-refractivity contribution in [2.45, 2.75) is 39.0 Å². The molecule has 2 N–H and O–H groups in total. The molecule has 2 nitrogen and oxygen atoms in total. The Hall–Kier alpha value is -1.19. The van der Waals surface area contributed by atoms with E-state index in [1.807, 2.05) is 6.92 Å². The molecule has 0 aliphatic rings. The van der Waals surface area contributed by atoms with E-state index in [-0.39, 0.29) is 0 Å². The Morgan fingerprint density at radius 1 is 1.21 bits per heavy atom. The van der Waals surface area contributed by atoms with Gasteiger partial charge < -0.3 is 5.73 Å². The Labute approximate surface area is 119 Å². The first kappa shape index (κ1) is 14.2. The number of aryl methyl sites for hydroxylation is 1. The summed E-state index contributed by atoms with van der Waals surface area (Å²) in [5.74, 6) is 0.921. The van der Waals surface area contributed by atoms with Crippen LogP contribution in [0.1, 0.15) is 47.5 Å². The molecule has 1 aromatic heterocycles. The van der Waals surface area contributed by atoms with Crippen LogP contribution in [0.4, 0.5) is 0 Å². The van der Waals surface area contributed by atoms with Crippen molar-refractivity contribution in [1.29, 1.82) is 0 Å². The second kappa shape index (κ2) is 6.31. The van der Waals surface area contributed by atoms with E-state index in [0.29, 0.717) is 18.4 Å². The van der Waals surface area contributed by atoms with Gasteiger partial charge in [-0.1, -0.05) is 38.1 Å². The monoisotopic (exact) mass is 274 g/mol. The smallest absolute Gasteiger partial charge is 0.0975 e. The van der Waals surface area contributed by atoms with Crippen LogP contribution in [0.15, 0.2) is 29.6 Å². The molecule has 102 valence electrons. The van der Waals surface area contributed by atoms with Gasteiger partial charge in [0.1, 0.15) is 0 Å². The molecule has 1 heterocycles. The number of aromatic nitrogens is 1. The van der Waals surface area contributed by atoms with Gasteiger partial charge in [0.05, 0.1) is 5.01 Å². The SMILES string of the molecule is Cc1csc(C(CN)Cc2ccc(C(C)C)cc2)n1. The summed E-state index contributed by atoms with van der Waals surface area (Å²) in [4.78, 5) is 4.56. The van der Waals surface area contributed by atoms with Crippen LogP contribution in [0.2, 0.25) is 0 Å². The van der Waals surface area contributed by atoms with Crippen molar-refractivity contribution in [2.24, 2.45) is 5.73 Å². The van der Waals surface area contributed by atoms with E-state index >= 15 is 0 Å². The molecule has 0 aliphatic carbocycles. The lowest BCUT2D eigenvalue weighted by atomic mass is 9.96. The van der Waals surface area contributed by atoms with Gasteiger partial charge in [0.2, 0.25) is 0 Å². The zero-order valence-electron chi connectivity index (χ0n) is 11.9. The van der Waals surface area contributed by atoms with E-state index in [9.17, 15) is 0 Å². The summed E-state index contributed by atoms with van der Waals surface area (Å²) in [5, 5.41) is 3.26. The summed E-state index contributed by atoms with van der Waals surface area (Å²) in [6.07, 6.45) is 0.974. The normalized spacial score (nSPS) is 12.9. The molecule has 19 heavy (non-hydrogen) atoms. The van der Waals surface area contributed by atoms with Gasteiger partial charge in [-0.05, 0) is 30.4 Å². The molecule has 2 aromatic rings. The highest BCUT2D eigenvalue weighted by Crippen LogP contribution is 2.24. The molecule has 0 fully saturated rings. The second-order valence-corrected chi connectivity index (χ2v) is 6.25. The van der Waals surface area contributed by atoms with Crippen LogP contribution in [0, 0.1) is 6.92 Å². The number of hydrogen-bond donors (Lipinski definition) is 1. The second-order valence-electron chi connectivity index (χ2n) is 5.36. The zero-order chi connectivity index (χ0) is 13.8. The summed E-state index contributed by atoms with van der Waals surface area (Å²) in [6, 6.07) is 8.89. The summed E-state index contributed by atoms with van der Waals surface area (Å²) < 4.78 is 0. The Morgan fingerprint density at radius 2 is 1.89 bits per heavy atom. The maximum atomic E-state index is 5.91. The predicted octanol–water partition coefficient (Wildman–Crippen LogP) is 3.86. The fraction of sp³-hybridized carbons (Fsp3) is 0.438. The molecular weight excluding hydrogens is 252 g/mol. The van der Waals surface area contributed by atoms with Gasteiger partial charge >= 0.3 is 0 Å². The highest BCUT2D eigenvalue weighted by Gasteiger charge is 2.14. The highest BCUT2D eigenvalue weighted by atomic mass is 32.1. The number of nitrogens with zero attached hydrogens (tertiary/aromatic N) is 1. The molecule has 1 atom stereocenters. The van der Waals surface area contributed by atoms with Crippen LogP contribution >= 0.6 is 11.3 Å². The van der Waals surface area contributed by atoms with E-state index in [1.54, 1.807) is 11.3 Å². The van der Waals surface area contributed by atoms with E-state index in [4.69, 9.17) is 5.73 Å². The van der Waals surface area contributed by atoms with Crippen molar-refractivity contribution < 1.29 is 0 Å². The van der Waals surface area contributed by atoms with Crippen molar-refractivity contribution in [1.82, 2.24) is 4.98 Å². The third-order valence-corrected chi connectivity index (χ3v) is 4.52. The number of nitrogens with two attached hydrogens (primary N) is 1. The van der Waals surface area contributed by atoms with E-state index < -0.39 is 0 Å². The van der Waals surface area contributed by atoms with Crippen LogP contribution in [0.25, 0.3) is 0 Å². The van der Waals surface area contributed by atoms with Crippen LogP contribution in [0.3, 0.4) is 0 Å². The summed E-state index contributed by atoms with van der Waals surface area (Å²) in [6.45, 7) is 7.12. The Bertz CT molecular complexity index is 514. The van der Waals surface area contributed by atoms with Gasteiger partial charge in [-0.3, -0.25) is 0 Å². The molecule has 1 unspecified atom stereocenters. The summed E-state index contributed by atoms with van der Waals surface area (Å²) >= 11 is 1.72. The summed E-state index contributed by atoms with van der Waals surface area (Å²) in [5.41, 5.74) is 9.73. The molecule has 0 amide bonds. The highest BCUT2D eigenvalue weighted by molar-refractivity contribution is 7.09. The van der Waals surface area contributed by atoms with Gasteiger partial charge in [0, 0.05) is 23.5 Å². The average molecular weight is 274 g/mol. The first-order valence-electron chi connectivity index (χ1n) is 6.81. The van der Waals surface area contributed by atoms with E-state index in [0.717, 1.165) is 17.1 Å². The summed E-state index contributed by atoms with van der Waals surface area (Å²) in [7, 11) is 0. The van der Waals surface area contributed by atoms with E-state index in [2.05, 4.69) is 48.5 Å². The molecular formula is C16H22N2S. The van der Waals surface area contributed by atoms with Gasteiger partial charge in [-0.2, -0.15) is 0 Å². The van der Waals surface area contributed by atoms with Crippen LogP contribution in [-0.2, 0) is 6.42 Å². The van der Waals surface area contributed by atoms with E-state index in [1.165, 1.54) is 11.1 Å². The predicted molar refractivity (Wildman–Crippen MR) is 82.9 cm³/mol. The average Bonchev–Trinajstić information content (AvgIpc) is 2.83. The first-order valence-corrected chi connectivity index (χ1v) is 7.69. The third kappa shape index (κ3) is 3.64. The fourth-order valence-corrected chi connectivity index (χ4v) is 3.07. The number of benzene rings is 1. The molecule has 0 aliphatic heterocycles. The minimum atomic E-state index is 0.337. The lowest BCUT2D eigenvalue weighted by Crippen LogP contribution is -2.15. The minimum Gasteiger partial charge on any atom is -0.330 e. The van der Waals surface area contributed by atoms with Crippen LogP contribution in [0.5, 0.6) is 0 Å². The van der Waals surface area contributed by atoms with Crippen molar-refractivity contribution in [3.63, 3.8) is 0 Å². The zero-order valence-corrected chi connectivity index (χ0v) is 12.7. The maximum absolute atomic E-state index is 5.91. The number of hydrogen-bond acceptors (Lipinski definition) is 3. The number of thiazole rings is 1. The van der Waals surface area contributed by atoms with Gasteiger partial charge in [0.15, 0.2) is 0 Å². The minimum absolute atomic E-state index is 0.337. The van der Waals surface area contributed by atoms with Gasteiger partial charge in [-0.15, -0.1) is 11.3 Å². The molecule has 2 rings (SSSR count). The Morgan fingerprint density at radius 3 is 2.37 bits per heavy atom.